The predicted molar refractivity (Wildman–Crippen MR) is 74.1 cm³/mol. The van der Waals surface area contributed by atoms with Gasteiger partial charge in [-0.1, -0.05) is 32.6 Å². The third-order valence-corrected chi connectivity index (χ3v) is 2.84. The zero-order valence-electron chi connectivity index (χ0n) is 12.1. The van der Waals surface area contributed by atoms with Gasteiger partial charge in [0.25, 0.3) is 0 Å². The Morgan fingerprint density at radius 1 is 1.16 bits per heavy atom. The van der Waals surface area contributed by atoms with E-state index in [0.717, 1.165) is 12.8 Å². The van der Waals surface area contributed by atoms with Crippen LogP contribution in [0.15, 0.2) is 0 Å². The van der Waals surface area contributed by atoms with E-state index < -0.39 is 12.1 Å². The highest BCUT2D eigenvalue weighted by atomic mass is 16.5. The standard InChI is InChI=1S/C14H27NO4/c1-3-5-6-7-8-9-13(16)15-11-12(19-4-2)10-14(17)18/h12H,3-11H2,1-2H3,(H,15,16)(H,17,18). The van der Waals surface area contributed by atoms with Crippen LogP contribution < -0.4 is 5.32 Å². The first-order valence-corrected chi connectivity index (χ1v) is 7.20. The maximum Gasteiger partial charge on any atom is 0.306 e. The van der Waals surface area contributed by atoms with Gasteiger partial charge in [-0.2, -0.15) is 0 Å². The molecule has 2 N–H and O–H groups in total. The average molecular weight is 273 g/mol. The summed E-state index contributed by atoms with van der Waals surface area (Å²) in [5.74, 6) is -0.932. The molecule has 0 aromatic carbocycles. The largest absolute Gasteiger partial charge is 0.481 e. The zero-order valence-corrected chi connectivity index (χ0v) is 12.1. The molecule has 0 saturated heterocycles. The molecule has 1 amide bonds. The van der Waals surface area contributed by atoms with Crippen molar-refractivity contribution >= 4 is 11.9 Å². The minimum atomic E-state index is -0.910. The van der Waals surface area contributed by atoms with Crippen LogP contribution in [0.2, 0.25) is 0 Å². The van der Waals surface area contributed by atoms with Gasteiger partial charge in [0.1, 0.15) is 0 Å². The van der Waals surface area contributed by atoms with Crippen molar-refractivity contribution in [3.05, 3.63) is 0 Å². The lowest BCUT2D eigenvalue weighted by Gasteiger charge is -2.15. The van der Waals surface area contributed by atoms with Crippen molar-refractivity contribution in [1.29, 1.82) is 0 Å². The molecule has 0 aliphatic rings. The molecule has 0 saturated carbocycles. The Bertz CT molecular complexity index is 256. The lowest BCUT2D eigenvalue weighted by molar-refractivity contribution is -0.140. The number of hydrogen-bond acceptors (Lipinski definition) is 3. The van der Waals surface area contributed by atoms with E-state index in [2.05, 4.69) is 12.2 Å². The Morgan fingerprint density at radius 2 is 1.84 bits per heavy atom. The predicted octanol–water partition coefficient (Wildman–Crippen LogP) is 2.34. The van der Waals surface area contributed by atoms with Crippen LogP contribution in [0.25, 0.3) is 0 Å². The van der Waals surface area contributed by atoms with E-state index in [0.29, 0.717) is 13.0 Å². The average Bonchev–Trinajstić information content (AvgIpc) is 2.35. The third kappa shape index (κ3) is 11.7. The molecule has 0 aromatic heterocycles. The topological polar surface area (TPSA) is 75.6 Å². The van der Waals surface area contributed by atoms with Gasteiger partial charge < -0.3 is 15.2 Å². The summed E-state index contributed by atoms with van der Waals surface area (Å²) in [6.45, 7) is 4.69. The van der Waals surface area contributed by atoms with Crippen LogP contribution in [-0.2, 0) is 14.3 Å². The van der Waals surface area contributed by atoms with Crippen LogP contribution in [0, 0.1) is 0 Å². The maximum atomic E-state index is 11.6. The second-order valence-corrected chi connectivity index (χ2v) is 4.64. The molecular weight excluding hydrogens is 246 g/mol. The Labute approximate surface area is 115 Å². The summed E-state index contributed by atoms with van der Waals surface area (Å²) in [5.41, 5.74) is 0. The highest BCUT2D eigenvalue weighted by molar-refractivity contribution is 5.76. The van der Waals surface area contributed by atoms with Crippen molar-refractivity contribution in [1.82, 2.24) is 5.32 Å². The fourth-order valence-electron chi connectivity index (χ4n) is 1.83. The van der Waals surface area contributed by atoms with Crippen molar-refractivity contribution in [2.45, 2.75) is 64.9 Å². The molecule has 0 fully saturated rings. The summed E-state index contributed by atoms with van der Waals surface area (Å²) in [6.07, 6.45) is 5.54. The minimum absolute atomic E-state index is 0.0217. The maximum absolute atomic E-state index is 11.6. The highest BCUT2D eigenvalue weighted by Crippen LogP contribution is 2.05. The second-order valence-electron chi connectivity index (χ2n) is 4.64. The van der Waals surface area contributed by atoms with Gasteiger partial charge in [-0.15, -0.1) is 0 Å². The fraction of sp³-hybridized carbons (Fsp3) is 0.857. The summed E-state index contributed by atoms with van der Waals surface area (Å²) < 4.78 is 5.27. The Kier molecular flexibility index (Phi) is 11.3. The molecule has 112 valence electrons. The van der Waals surface area contributed by atoms with Crippen LogP contribution in [0.5, 0.6) is 0 Å². The molecule has 0 radical (unpaired) electrons. The smallest absolute Gasteiger partial charge is 0.306 e. The van der Waals surface area contributed by atoms with Gasteiger partial charge in [0, 0.05) is 19.6 Å². The van der Waals surface area contributed by atoms with E-state index in [4.69, 9.17) is 9.84 Å². The number of hydrogen-bond donors (Lipinski definition) is 2. The number of carboxylic acid groups (broad SMARTS) is 1. The molecule has 0 bridgehead atoms. The van der Waals surface area contributed by atoms with Gasteiger partial charge >= 0.3 is 5.97 Å². The van der Waals surface area contributed by atoms with Gasteiger partial charge in [0.05, 0.1) is 12.5 Å². The van der Waals surface area contributed by atoms with Crippen molar-refractivity contribution in [3.8, 4) is 0 Å². The summed E-state index contributed by atoms with van der Waals surface area (Å²) in [5, 5.41) is 11.4. The van der Waals surface area contributed by atoms with E-state index >= 15 is 0 Å². The van der Waals surface area contributed by atoms with Gasteiger partial charge in [-0.05, 0) is 13.3 Å². The first kappa shape index (κ1) is 17.9. The summed E-state index contributed by atoms with van der Waals surface area (Å²) in [4.78, 5) is 22.2. The van der Waals surface area contributed by atoms with Crippen LogP contribution in [0.1, 0.15) is 58.8 Å². The minimum Gasteiger partial charge on any atom is -0.481 e. The van der Waals surface area contributed by atoms with Gasteiger partial charge in [0.2, 0.25) is 5.91 Å². The van der Waals surface area contributed by atoms with Crippen LogP contribution in [-0.4, -0.2) is 36.2 Å². The van der Waals surface area contributed by atoms with Gasteiger partial charge in [-0.3, -0.25) is 9.59 Å². The number of ether oxygens (including phenoxy) is 1. The summed E-state index contributed by atoms with van der Waals surface area (Å²) in [6, 6.07) is 0. The molecular formula is C14H27NO4. The van der Waals surface area contributed by atoms with Gasteiger partial charge in [0.15, 0.2) is 0 Å². The van der Waals surface area contributed by atoms with Crippen LogP contribution in [0.4, 0.5) is 0 Å². The number of unbranched alkanes of at least 4 members (excludes halogenated alkanes) is 4. The number of carbonyl (C=O) groups is 2. The van der Waals surface area contributed by atoms with E-state index in [9.17, 15) is 9.59 Å². The molecule has 0 spiro atoms. The van der Waals surface area contributed by atoms with Crippen molar-refractivity contribution in [2.75, 3.05) is 13.2 Å². The van der Waals surface area contributed by atoms with Crippen molar-refractivity contribution in [2.24, 2.45) is 0 Å². The number of nitrogens with one attached hydrogen (secondary N) is 1. The number of carbonyl (C=O) groups excluding carboxylic acids is 1. The van der Waals surface area contributed by atoms with Gasteiger partial charge in [-0.25, -0.2) is 0 Å². The molecule has 5 heteroatoms. The summed E-state index contributed by atoms with van der Waals surface area (Å²) >= 11 is 0. The molecule has 0 rings (SSSR count). The van der Waals surface area contributed by atoms with E-state index in [1.165, 1.54) is 19.3 Å². The molecule has 0 aliphatic heterocycles. The number of rotatable bonds is 12. The van der Waals surface area contributed by atoms with Crippen molar-refractivity contribution in [3.63, 3.8) is 0 Å². The quantitative estimate of drug-likeness (QED) is 0.535. The SMILES string of the molecule is CCCCCCCC(=O)NCC(CC(=O)O)OCC. The van der Waals surface area contributed by atoms with E-state index in [1.807, 2.05) is 6.92 Å². The second kappa shape index (κ2) is 12.0. The molecule has 1 unspecified atom stereocenters. The lowest BCUT2D eigenvalue weighted by atomic mass is 10.1. The Balaban J connectivity index is 3.69. The normalized spacial score (nSPS) is 12.1. The third-order valence-electron chi connectivity index (χ3n) is 2.84. The first-order chi connectivity index (χ1) is 9.10. The Hall–Kier alpha value is -1.10. The van der Waals surface area contributed by atoms with Crippen LogP contribution in [0.3, 0.4) is 0 Å². The number of aliphatic carboxylic acids is 1. The molecule has 19 heavy (non-hydrogen) atoms. The Morgan fingerprint density at radius 3 is 2.42 bits per heavy atom. The number of amides is 1. The monoisotopic (exact) mass is 273 g/mol. The van der Waals surface area contributed by atoms with E-state index in [-0.39, 0.29) is 18.9 Å². The van der Waals surface area contributed by atoms with Crippen molar-refractivity contribution < 1.29 is 19.4 Å². The first-order valence-electron chi connectivity index (χ1n) is 7.20. The summed E-state index contributed by atoms with van der Waals surface area (Å²) in [7, 11) is 0. The molecule has 0 aromatic rings. The molecule has 0 heterocycles. The molecule has 5 nitrogen and oxygen atoms in total. The highest BCUT2D eigenvalue weighted by Gasteiger charge is 2.14. The lowest BCUT2D eigenvalue weighted by Crippen LogP contribution is -2.35. The van der Waals surface area contributed by atoms with E-state index in [1.54, 1.807) is 0 Å². The van der Waals surface area contributed by atoms with Crippen LogP contribution >= 0.6 is 0 Å². The molecule has 0 aliphatic carbocycles. The molecule has 1 atom stereocenters. The number of carboxylic acids is 1. The fourth-order valence-corrected chi connectivity index (χ4v) is 1.83. The zero-order chi connectivity index (χ0) is 14.5.